The highest BCUT2D eigenvalue weighted by Gasteiger charge is 2.33. The average molecular weight is 481 g/mol. The minimum absolute atomic E-state index is 0.102. The van der Waals surface area contributed by atoms with Crippen molar-refractivity contribution in [1.82, 2.24) is 4.57 Å². The molecular formula is C25H24N2O6S. The molecule has 2 aromatic carbocycles. The number of thiazole rings is 1. The zero-order chi connectivity index (χ0) is 24.4. The van der Waals surface area contributed by atoms with Crippen LogP contribution in [0.4, 0.5) is 0 Å². The number of hydrogen-bond acceptors (Lipinski definition) is 8. The Labute approximate surface area is 199 Å². The number of allylic oxidation sites excluding steroid dienone is 1. The Morgan fingerprint density at radius 2 is 1.94 bits per heavy atom. The standard InChI is InChI=1S/C25H24N2O6S/c1-5-33-24(30)21-14(2)26-25-27(22(21)16-9-10-18(31-3)19(13-16)32-4)23(29)20(34-25)12-15-7-6-8-17(28)11-15/h6-13,22,28H,5H2,1-4H3/b20-12-. The summed E-state index contributed by atoms with van der Waals surface area (Å²) in [7, 11) is 3.06. The smallest absolute Gasteiger partial charge is 0.338 e. The molecular weight excluding hydrogens is 456 g/mol. The number of rotatable bonds is 6. The normalized spacial score (nSPS) is 15.5. The highest BCUT2D eigenvalue weighted by molar-refractivity contribution is 7.07. The van der Waals surface area contributed by atoms with Crippen molar-refractivity contribution < 1.29 is 24.1 Å². The molecule has 0 spiro atoms. The molecule has 0 amide bonds. The van der Waals surface area contributed by atoms with Crippen LogP contribution < -0.4 is 24.4 Å². The van der Waals surface area contributed by atoms with Crippen molar-refractivity contribution in [2.75, 3.05) is 20.8 Å². The van der Waals surface area contributed by atoms with Crippen LogP contribution in [0.2, 0.25) is 0 Å². The highest BCUT2D eigenvalue weighted by atomic mass is 32.1. The number of aromatic hydroxyl groups is 1. The summed E-state index contributed by atoms with van der Waals surface area (Å²) in [6, 6.07) is 11.1. The third-order valence-electron chi connectivity index (χ3n) is 5.41. The lowest BCUT2D eigenvalue weighted by molar-refractivity contribution is -0.139. The lowest BCUT2D eigenvalue weighted by Gasteiger charge is -2.25. The number of carbonyl (C=O) groups is 1. The fourth-order valence-corrected chi connectivity index (χ4v) is 4.94. The lowest BCUT2D eigenvalue weighted by atomic mass is 9.95. The van der Waals surface area contributed by atoms with Crippen LogP contribution in [-0.2, 0) is 9.53 Å². The van der Waals surface area contributed by atoms with E-state index in [1.165, 1.54) is 30.1 Å². The number of ether oxygens (including phenoxy) is 3. The van der Waals surface area contributed by atoms with E-state index in [0.717, 1.165) is 0 Å². The molecule has 0 radical (unpaired) electrons. The molecule has 3 aromatic rings. The van der Waals surface area contributed by atoms with E-state index in [1.807, 2.05) is 0 Å². The zero-order valence-electron chi connectivity index (χ0n) is 19.2. The van der Waals surface area contributed by atoms with Gasteiger partial charge >= 0.3 is 5.97 Å². The minimum Gasteiger partial charge on any atom is -0.508 e. The van der Waals surface area contributed by atoms with Crippen LogP contribution in [0.5, 0.6) is 17.2 Å². The van der Waals surface area contributed by atoms with Gasteiger partial charge in [-0.3, -0.25) is 9.36 Å². The SMILES string of the molecule is CCOC(=O)C1=C(C)N=c2s/c(=C\c3cccc(O)c3)c(=O)n2C1c1ccc(OC)c(OC)c1. The molecule has 34 heavy (non-hydrogen) atoms. The Kier molecular flexibility index (Phi) is 6.56. The van der Waals surface area contributed by atoms with Crippen LogP contribution in [0.25, 0.3) is 6.08 Å². The van der Waals surface area contributed by atoms with Crippen LogP contribution in [0.3, 0.4) is 0 Å². The molecule has 0 saturated heterocycles. The highest BCUT2D eigenvalue weighted by Crippen LogP contribution is 2.36. The topological polar surface area (TPSA) is 99.4 Å². The van der Waals surface area contributed by atoms with E-state index in [-0.39, 0.29) is 23.5 Å². The molecule has 2 heterocycles. The van der Waals surface area contributed by atoms with Gasteiger partial charge in [-0.2, -0.15) is 0 Å². The first-order valence-electron chi connectivity index (χ1n) is 10.6. The van der Waals surface area contributed by atoms with E-state index in [1.54, 1.807) is 62.4 Å². The van der Waals surface area contributed by atoms with Crippen LogP contribution in [-0.4, -0.2) is 36.5 Å². The summed E-state index contributed by atoms with van der Waals surface area (Å²) in [6.45, 7) is 3.65. The van der Waals surface area contributed by atoms with Crippen LogP contribution in [0.1, 0.15) is 31.0 Å². The van der Waals surface area contributed by atoms with Crippen molar-refractivity contribution in [2.24, 2.45) is 4.99 Å². The Balaban J connectivity index is 1.97. The first-order chi connectivity index (χ1) is 16.4. The Bertz CT molecular complexity index is 1470. The fraction of sp³-hybridized carbons (Fsp3) is 0.240. The summed E-state index contributed by atoms with van der Waals surface area (Å²) in [5, 5.41) is 9.79. The molecule has 1 N–H and O–H groups in total. The Hall–Kier alpha value is -3.85. The molecule has 8 nitrogen and oxygen atoms in total. The van der Waals surface area contributed by atoms with Gasteiger partial charge in [-0.15, -0.1) is 0 Å². The van der Waals surface area contributed by atoms with Crippen LogP contribution >= 0.6 is 11.3 Å². The predicted molar refractivity (Wildman–Crippen MR) is 128 cm³/mol. The quantitative estimate of drug-likeness (QED) is 0.545. The zero-order valence-corrected chi connectivity index (χ0v) is 20.0. The molecule has 1 unspecified atom stereocenters. The largest absolute Gasteiger partial charge is 0.508 e. The Morgan fingerprint density at radius 1 is 1.18 bits per heavy atom. The summed E-state index contributed by atoms with van der Waals surface area (Å²) in [6.07, 6.45) is 1.69. The molecule has 1 aliphatic heterocycles. The number of esters is 1. The van der Waals surface area contributed by atoms with E-state index >= 15 is 0 Å². The maximum Gasteiger partial charge on any atom is 0.338 e. The summed E-state index contributed by atoms with van der Waals surface area (Å²) in [5.41, 5.74) is 1.78. The molecule has 1 atom stereocenters. The van der Waals surface area contributed by atoms with E-state index in [4.69, 9.17) is 14.2 Å². The van der Waals surface area contributed by atoms with Gasteiger partial charge in [0.05, 0.1) is 42.7 Å². The summed E-state index contributed by atoms with van der Waals surface area (Å²) >= 11 is 1.21. The van der Waals surface area contributed by atoms with Crippen LogP contribution in [0, 0.1) is 0 Å². The first kappa shape index (κ1) is 23.3. The Morgan fingerprint density at radius 3 is 2.62 bits per heavy atom. The van der Waals surface area contributed by atoms with E-state index < -0.39 is 12.0 Å². The third kappa shape index (κ3) is 4.22. The number of methoxy groups -OCH3 is 2. The number of fused-ring (bicyclic) bond motifs is 1. The van der Waals surface area contributed by atoms with Crippen molar-refractivity contribution in [2.45, 2.75) is 19.9 Å². The second-order valence-corrected chi connectivity index (χ2v) is 8.52. The number of benzene rings is 2. The molecule has 1 aromatic heterocycles. The van der Waals surface area contributed by atoms with Crippen molar-refractivity contribution >= 4 is 23.4 Å². The minimum atomic E-state index is -0.763. The van der Waals surface area contributed by atoms with E-state index in [9.17, 15) is 14.7 Å². The van der Waals surface area contributed by atoms with Crippen molar-refractivity contribution in [3.05, 3.63) is 84.5 Å². The number of carbonyl (C=O) groups excluding carboxylic acids is 1. The number of nitrogens with zero attached hydrogens (tertiary/aromatic N) is 2. The average Bonchev–Trinajstić information content (AvgIpc) is 3.12. The molecule has 4 rings (SSSR count). The maximum absolute atomic E-state index is 13.6. The van der Waals surface area contributed by atoms with Crippen molar-refractivity contribution in [3.63, 3.8) is 0 Å². The maximum atomic E-state index is 13.6. The molecule has 0 aliphatic carbocycles. The fourth-order valence-electron chi connectivity index (χ4n) is 3.90. The molecule has 1 aliphatic rings. The van der Waals surface area contributed by atoms with Gasteiger partial charge in [0.2, 0.25) is 0 Å². The lowest BCUT2D eigenvalue weighted by Crippen LogP contribution is -2.39. The number of aromatic nitrogens is 1. The van der Waals surface area contributed by atoms with Gasteiger partial charge < -0.3 is 19.3 Å². The number of phenolic OH excluding ortho intramolecular Hbond substituents is 1. The van der Waals surface area contributed by atoms with Gasteiger partial charge in [0.1, 0.15) is 5.75 Å². The van der Waals surface area contributed by atoms with Gasteiger partial charge in [-0.1, -0.05) is 29.5 Å². The molecule has 0 bridgehead atoms. The summed E-state index contributed by atoms with van der Waals surface area (Å²) < 4.78 is 18.0. The van der Waals surface area contributed by atoms with Crippen molar-refractivity contribution in [3.8, 4) is 17.2 Å². The predicted octanol–water partition coefficient (Wildman–Crippen LogP) is 2.52. The monoisotopic (exact) mass is 480 g/mol. The number of phenols is 1. The third-order valence-corrected chi connectivity index (χ3v) is 6.39. The van der Waals surface area contributed by atoms with E-state index in [0.29, 0.717) is 37.7 Å². The van der Waals surface area contributed by atoms with Gasteiger partial charge in [0.25, 0.3) is 5.56 Å². The first-order valence-corrected chi connectivity index (χ1v) is 11.4. The van der Waals surface area contributed by atoms with Crippen LogP contribution in [0.15, 0.2) is 63.5 Å². The second kappa shape index (κ2) is 9.56. The molecule has 9 heteroatoms. The van der Waals surface area contributed by atoms with Gasteiger partial charge in [0.15, 0.2) is 16.3 Å². The van der Waals surface area contributed by atoms with Gasteiger partial charge in [-0.25, -0.2) is 9.79 Å². The molecule has 0 fully saturated rings. The second-order valence-electron chi connectivity index (χ2n) is 7.51. The molecule has 0 saturated carbocycles. The van der Waals surface area contributed by atoms with E-state index in [2.05, 4.69) is 4.99 Å². The number of hydrogen-bond donors (Lipinski definition) is 1. The molecule has 176 valence electrons. The van der Waals surface area contributed by atoms with Gasteiger partial charge in [-0.05, 0) is 55.3 Å². The summed E-state index contributed by atoms with van der Waals surface area (Å²) in [4.78, 5) is 31.6. The van der Waals surface area contributed by atoms with Crippen molar-refractivity contribution in [1.29, 1.82) is 0 Å². The summed E-state index contributed by atoms with van der Waals surface area (Å²) in [5.74, 6) is 0.566. The van der Waals surface area contributed by atoms with Gasteiger partial charge in [0, 0.05) is 0 Å².